The number of benzene rings is 2. The Morgan fingerprint density at radius 1 is 1.05 bits per heavy atom. The fourth-order valence-electron chi connectivity index (χ4n) is 6.36. The number of carbonyl (C=O) groups is 1. The number of phenolic OH excluding ortho intramolecular Hbond substituents is 1. The lowest BCUT2D eigenvalue weighted by atomic mass is 9.89. The van der Waals surface area contributed by atoms with Gasteiger partial charge in [0.05, 0.1) is 19.2 Å². The first-order chi connectivity index (χ1) is 19.4. The first-order valence-electron chi connectivity index (χ1n) is 14.6. The summed E-state index contributed by atoms with van der Waals surface area (Å²) in [6.07, 6.45) is 10.9. The number of ether oxygens (including phenoxy) is 1. The topological polar surface area (TPSA) is 76.4 Å². The Morgan fingerprint density at radius 3 is 2.42 bits per heavy atom. The number of methoxy groups -OCH3 is 1. The average Bonchev–Trinajstić information content (AvgIpc) is 3.24. The van der Waals surface area contributed by atoms with Gasteiger partial charge in [-0.1, -0.05) is 56.5 Å². The van der Waals surface area contributed by atoms with Crippen LogP contribution in [0.1, 0.15) is 96.2 Å². The molecule has 0 spiro atoms. The molecule has 0 bridgehead atoms. The van der Waals surface area contributed by atoms with Gasteiger partial charge in [0.1, 0.15) is 17.3 Å². The van der Waals surface area contributed by atoms with E-state index in [0.717, 1.165) is 61.6 Å². The zero-order valence-corrected chi connectivity index (χ0v) is 23.4. The van der Waals surface area contributed by atoms with Gasteiger partial charge >= 0.3 is 0 Å². The van der Waals surface area contributed by atoms with Crippen molar-refractivity contribution in [1.82, 2.24) is 15.1 Å². The van der Waals surface area contributed by atoms with Crippen molar-refractivity contribution in [2.45, 2.75) is 88.6 Å². The summed E-state index contributed by atoms with van der Waals surface area (Å²) in [6, 6.07) is 13.6. The SMILES string of the molecule is C=C(OC)[C@@H](Cc1ccc(O)cc1)NC(=O)c1nn(C2CCCCC2)c2c1CCCCC2Cc1ccc(F)cc1. The van der Waals surface area contributed by atoms with Crippen LogP contribution < -0.4 is 5.32 Å². The van der Waals surface area contributed by atoms with Crippen LogP contribution in [-0.4, -0.2) is 33.9 Å². The number of aromatic hydroxyl groups is 1. The predicted octanol–water partition coefficient (Wildman–Crippen LogP) is 6.79. The van der Waals surface area contributed by atoms with E-state index < -0.39 is 6.04 Å². The summed E-state index contributed by atoms with van der Waals surface area (Å²) in [6.45, 7) is 4.04. The molecule has 0 saturated heterocycles. The Hall–Kier alpha value is -3.61. The minimum atomic E-state index is -0.446. The number of amides is 1. The summed E-state index contributed by atoms with van der Waals surface area (Å²) in [5.74, 6) is 0.446. The van der Waals surface area contributed by atoms with Gasteiger partial charge in [0.25, 0.3) is 5.91 Å². The molecule has 1 amide bonds. The molecular weight excluding hydrogens is 505 g/mol. The molecule has 6 nitrogen and oxygen atoms in total. The van der Waals surface area contributed by atoms with E-state index in [1.165, 1.54) is 37.1 Å². The number of hydrogen-bond donors (Lipinski definition) is 2. The van der Waals surface area contributed by atoms with Crippen LogP contribution in [0, 0.1) is 5.82 Å². The van der Waals surface area contributed by atoms with Crippen LogP contribution in [0.2, 0.25) is 0 Å². The van der Waals surface area contributed by atoms with E-state index in [1.807, 2.05) is 24.3 Å². The maximum Gasteiger partial charge on any atom is 0.272 e. The number of aromatic nitrogens is 2. The normalized spacial score (nSPS) is 18.4. The Labute approximate surface area is 236 Å². The Balaban J connectivity index is 1.48. The molecule has 1 saturated carbocycles. The Bertz CT molecular complexity index is 1310. The van der Waals surface area contributed by atoms with Crippen LogP contribution in [0.25, 0.3) is 0 Å². The summed E-state index contributed by atoms with van der Waals surface area (Å²) in [4.78, 5) is 13.9. The van der Waals surface area contributed by atoms with Gasteiger partial charge in [-0.2, -0.15) is 5.10 Å². The highest BCUT2D eigenvalue weighted by atomic mass is 19.1. The van der Waals surface area contributed by atoms with Crippen molar-refractivity contribution in [2.24, 2.45) is 0 Å². The molecule has 2 aliphatic carbocycles. The molecule has 3 aromatic rings. The van der Waals surface area contributed by atoms with Gasteiger partial charge < -0.3 is 15.2 Å². The van der Waals surface area contributed by atoms with Crippen molar-refractivity contribution in [1.29, 1.82) is 0 Å². The molecule has 0 aliphatic heterocycles. The summed E-state index contributed by atoms with van der Waals surface area (Å²) in [7, 11) is 1.56. The zero-order valence-electron chi connectivity index (χ0n) is 23.4. The molecule has 5 rings (SSSR count). The van der Waals surface area contributed by atoms with Crippen LogP contribution in [0.3, 0.4) is 0 Å². The molecule has 2 aromatic carbocycles. The van der Waals surface area contributed by atoms with Crippen molar-refractivity contribution in [3.63, 3.8) is 0 Å². The lowest BCUT2D eigenvalue weighted by Crippen LogP contribution is -2.38. The second-order valence-electron chi connectivity index (χ2n) is 11.3. The average molecular weight is 546 g/mol. The molecule has 1 aromatic heterocycles. The first-order valence-corrected chi connectivity index (χ1v) is 14.6. The number of nitrogens with one attached hydrogen (secondary N) is 1. The molecule has 1 fully saturated rings. The fraction of sp³-hybridized carbons (Fsp3) is 0.455. The molecule has 2 atom stereocenters. The van der Waals surface area contributed by atoms with Gasteiger partial charge in [-0.15, -0.1) is 0 Å². The summed E-state index contributed by atoms with van der Waals surface area (Å²) in [5.41, 5.74) is 4.81. The van der Waals surface area contributed by atoms with Crippen molar-refractivity contribution in [3.8, 4) is 5.75 Å². The van der Waals surface area contributed by atoms with Crippen LogP contribution in [0.15, 0.2) is 60.9 Å². The number of hydrogen-bond acceptors (Lipinski definition) is 4. The van der Waals surface area contributed by atoms with E-state index in [1.54, 1.807) is 19.2 Å². The third-order valence-corrected chi connectivity index (χ3v) is 8.53. The molecule has 40 heavy (non-hydrogen) atoms. The van der Waals surface area contributed by atoms with Crippen molar-refractivity contribution >= 4 is 5.91 Å². The van der Waals surface area contributed by atoms with Crippen LogP contribution in [0.4, 0.5) is 4.39 Å². The zero-order chi connectivity index (χ0) is 28.1. The largest absolute Gasteiger partial charge is 0.508 e. The van der Waals surface area contributed by atoms with Gasteiger partial charge in [0, 0.05) is 17.2 Å². The van der Waals surface area contributed by atoms with Crippen molar-refractivity contribution < 1.29 is 19.0 Å². The summed E-state index contributed by atoms with van der Waals surface area (Å²) in [5, 5.41) is 17.9. The Morgan fingerprint density at radius 2 is 1.73 bits per heavy atom. The molecule has 2 N–H and O–H groups in total. The smallest absolute Gasteiger partial charge is 0.272 e. The fourth-order valence-corrected chi connectivity index (χ4v) is 6.36. The van der Waals surface area contributed by atoms with E-state index in [2.05, 4.69) is 16.6 Å². The highest BCUT2D eigenvalue weighted by Crippen LogP contribution is 2.39. The molecule has 212 valence electrons. The van der Waals surface area contributed by atoms with Crippen LogP contribution >= 0.6 is 0 Å². The molecule has 2 aliphatic rings. The number of carbonyl (C=O) groups excluding carboxylic acids is 1. The van der Waals surface area contributed by atoms with Crippen LogP contribution in [-0.2, 0) is 24.0 Å². The van der Waals surface area contributed by atoms with Crippen molar-refractivity contribution in [2.75, 3.05) is 7.11 Å². The summed E-state index contributed by atoms with van der Waals surface area (Å²) >= 11 is 0. The van der Waals surface area contributed by atoms with Crippen molar-refractivity contribution in [3.05, 3.63) is 94.8 Å². The molecule has 1 heterocycles. The third kappa shape index (κ3) is 6.40. The lowest BCUT2D eigenvalue weighted by molar-refractivity contribution is 0.0921. The lowest BCUT2D eigenvalue weighted by Gasteiger charge is -2.27. The van der Waals surface area contributed by atoms with E-state index in [4.69, 9.17) is 9.84 Å². The Kier molecular flexibility index (Phi) is 8.88. The molecule has 1 unspecified atom stereocenters. The number of halogens is 1. The third-order valence-electron chi connectivity index (χ3n) is 8.53. The monoisotopic (exact) mass is 545 g/mol. The van der Waals surface area contributed by atoms with Gasteiger partial charge in [-0.25, -0.2) is 4.39 Å². The number of nitrogens with zero attached hydrogens (tertiary/aromatic N) is 2. The summed E-state index contributed by atoms with van der Waals surface area (Å²) < 4.78 is 21.3. The van der Waals surface area contributed by atoms with E-state index >= 15 is 0 Å². The van der Waals surface area contributed by atoms with Crippen LogP contribution in [0.5, 0.6) is 5.75 Å². The molecule has 0 radical (unpaired) electrons. The standard InChI is InChI=1S/C33H40FN3O3/c1-22(40-2)30(21-24-14-18-28(38)19-15-24)35-33(39)31-29-11-7-6-8-25(20-23-12-16-26(34)17-13-23)32(29)37(36-31)27-9-4-3-5-10-27/h12-19,25,27,30,38H,1,3-11,20-21H2,2H3,(H,35,39)/t25?,30-/m1/s1. The van der Waals surface area contributed by atoms with E-state index in [9.17, 15) is 14.3 Å². The van der Waals surface area contributed by atoms with Gasteiger partial charge in [-0.05, 0) is 80.3 Å². The molecule has 7 heteroatoms. The highest BCUT2D eigenvalue weighted by Gasteiger charge is 2.33. The van der Waals surface area contributed by atoms with Gasteiger partial charge in [0.15, 0.2) is 5.69 Å². The van der Waals surface area contributed by atoms with Gasteiger partial charge in [0.2, 0.25) is 0 Å². The minimum absolute atomic E-state index is 0.195. The van der Waals surface area contributed by atoms with Gasteiger partial charge in [-0.3, -0.25) is 9.48 Å². The first kappa shape index (κ1) is 27.9. The molecular formula is C33H40FN3O3. The number of rotatable bonds is 9. The quantitative estimate of drug-likeness (QED) is 0.229. The van der Waals surface area contributed by atoms with E-state index in [-0.39, 0.29) is 23.4 Å². The predicted molar refractivity (Wildman–Crippen MR) is 154 cm³/mol. The number of fused-ring (bicyclic) bond motifs is 1. The maximum atomic E-state index is 13.9. The highest BCUT2D eigenvalue weighted by molar-refractivity contribution is 5.94. The van der Waals surface area contributed by atoms with E-state index in [0.29, 0.717) is 23.9 Å². The number of phenols is 1. The second-order valence-corrected chi connectivity index (χ2v) is 11.3. The maximum absolute atomic E-state index is 13.9. The minimum Gasteiger partial charge on any atom is -0.508 e. The second kappa shape index (κ2) is 12.7.